The molecule has 11 heteroatoms. The minimum Gasteiger partial charge on any atom is -0.345 e. The van der Waals surface area contributed by atoms with Gasteiger partial charge in [0.25, 0.3) is 5.91 Å². The van der Waals surface area contributed by atoms with Gasteiger partial charge in [-0.15, -0.1) is 10.2 Å². The van der Waals surface area contributed by atoms with Gasteiger partial charge in [0.1, 0.15) is 5.82 Å². The number of benzene rings is 1. The molecule has 1 N–H and O–H groups in total. The Bertz CT molecular complexity index is 1000. The molecular formula is C15H8Cl2F4N4O. The third-order valence-electron chi connectivity index (χ3n) is 3.44. The maximum Gasteiger partial charge on any atom is 0.417 e. The van der Waals surface area contributed by atoms with Crippen LogP contribution in [0.15, 0.2) is 30.5 Å². The van der Waals surface area contributed by atoms with Crippen LogP contribution in [-0.2, 0) is 12.7 Å². The molecule has 0 aliphatic heterocycles. The monoisotopic (exact) mass is 406 g/mol. The molecular weight excluding hydrogens is 399 g/mol. The first-order valence-electron chi connectivity index (χ1n) is 7.00. The van der Waals surface area contributed by atoms with E-state index in [4.69, 9.17) is 23.2 Å². The Kier molecular flexibility index (Phi) is 4.76. The average molecular weight is 407 g/mol. The van der Waals surface area contributed by atoms with E-state index < -0.39 is 23.5 Å². The number of rotatable bonds is 3. The number of alkyl halides is 3. The fraction of sp³-hybridized carbons (Fsp3) is 0.133. The lowest BCUT2D eigenvalue weighted by atomic mass is 10.2. The van der Waals surface area contributed by atoms with E-state index >= 15 is 0 Å². The summed E-state index contributed by atoms with van der Waals surface area (Å²) >= 11 is 11.5. The van der Waals surface area contributed by atoms with Crippen LogP contribution in [0.5, 0.6) is 0 Å². The topological polar surface area (TPSA) is 59.3 Å². The second kappa shape index (κ2) is 6.73. The first kappa shape index (κ1) is 18.4. The number of nitrogens with zero attached hydrogens (tertiary/aromatic N) is 3. The van der Waals surface area contributed by atoms with Crippen LogP contribution >= 0.6 is 23.2 Å². The van der Waals surface area contributed by atoms with Gasteiger partial charge in [-0.2, -0.15) is 13.2 Å². The van der Waals surface area contributed by atoms with Crippen LogP contribution in [0.25, 0.3) is 5.65 Å². The van der Waals surface area contributed by atoms with Crippen LogP contribution in [0, 0.1) is 5.82 Å². The Balaban J connectivity index is 1.88. The number of carbonyl (C=O) groups is 1. The molecule has 0 atom stereocenters. The molecule has 1 aromatic carbocycles. The highest BCUT2D eigenvalue weighted by molar-refractivity contribution is 6.33. The fourth-order valence-corrected chi connectivity index (χ4v) is 2.62. The van der Waals surface area contributed by atoms with E-state index in [1.807, 2.05) is 0 Å². The van der Waals surface area contributed by atoms with Crippen molar-refractivity contribution in [2.45, 2.75) is 12.7 Å². The summed E-state index contributed by atoms with van der Waals surface area (Å²) in [5.41, 5.74) is -1.30. The second-order valence-corrected chi connectivity index (χ2v) is 6.03. The van der Waals surface area contributed by atoms with Crippen LogP contribution in [0.1, 0.15) is 21.7 Å². The highest BCUT2D eigenvalue weighted by Gasteiger charge is 2.32. The molecule has 1 amide bonds. The molecule has 3 aromatic rings. The molecule has 5 nitrogen and oxygen atoms in total. The van der Waals surface area contributed by atoms with Gasteiger partial charge in [-0.1, -0.05) is 23.2 Å². The minimum atomic E-state index is -4.62. The highest BCUT2D eigenvalue weighted by Crippen LogP contribution is 2.32. The van der Waals surface area contributed by atoms with Crippen LogP contribution in [-0.4, -0.2) is 20.5 Å². The molecule has 0 spiro atoms. The average Bonchev–Trinajstić information content (AvgIpc) is 2.97. The Morgan fingerprint density at radius 1 is 1.19 bits per heavy atom. The summed E-state index contributed by atoms with van der Waals surface area (Å²) in [5.74, 6) is -1.61. The summed E-state index contributed by atoms with van der Waals surface area (Å²) in [6.45, 7) is -0.302. The fourth-order valence-electron chi connectivity index (χ4n) is 2.20. The van der Waals surface area contributed by atoms with Crippen molar-refractivity contribution in [3.8, 4) is 0 Å². The third kappa shape index (κ3) is 3.58. The quantitative estimate of drug-likeness (QED) is 0.665. The van der Waals surface area contributed by atoms with Gasteiger partial charge in [-0.3, -0.25) is 9.20 Å². The normalized spacial score (nSPS) is 11.8. The number of hydrogen-bond donors (Lipinski definition) is 1. The molecule has 0 saturated heterocycles. The Labute approximate surface area is 153 Å². The van der Waals surface area contributed by atoms with E-state index in [9.17, 15) is 22.4 Å². The maximum absolute atomic E-state index is 13.7. The van der Waals surface area contributed by atoms with Crippen molar-refractivity contribution in [3.05, 3.63) is 63.3 Å². The molecule has 0 fully saturated rings. The number of fused-ring (bicyclic) bond motifs is 1. The van der Waals surface area contributed by atoms with Crippen molar-refractivity contribution in [2.75, 3.05) is 0 Å². The predicted molar refractivity (Wildman–Crippen MR) is 85.6 cm³/mol. The lowest BCUT2D eigenvalue weighted by molar-refractivity contribution is -0.137. The number of halogens is 6. The van der Waals surface area contributed by atoms with E-state index in [1.165, 1.54) is 6.07 Å². The summed E-state index contributed by atoms with van der Waals surface area (Å²) < 4.78 is 53.4. The molecule has 0 saturated carbocycles. The first-order chi connectivity index (χ1) is 12.2. The number of pyridine rings is 1. The molecule has 0 radical (unpaired) electrons. The molecule has 0 unspecified atom stereocenters. The van der Waals surface area contributed by atoms with Gasteiger partial charge in [-0.05, 0) is 24.3 Å². The number of nitrogens with one attached hydrogen (secondary N) is 1. The molecule has 0 aliphatic rings. The third-order valence-corrected chi connectivity index (χ3v) is 3.95. The van der Waals surface area contributed by atoms with Crippen molar-refractivity contribution in [1.29, 1.82) is 0 Å². The number of hydrogen-bond acceptors (Lipinski definition) is 3. The lowest BCUT2D eigenvalue weighted by Crippen LogP contribution is -2.25. The van der Waals surface area contributed by atoms with Gasteiger partial charge in [0.15, 0.2) is 11.5 Å². The van der Waals surface area contributed by atoms with Gasteiger partial charge in [0.05, 0.1) is 22.7 Å². The SMILES string of the molecule is O=C(NCc1nnc2c(Cl)cc(C(F)(F)F)cn12)c1cc(Cl)ccc1F. The van der Waals surface area contributed by atoms with Crippen molar-refractivity contribution >= 4 is 34.8 Å². The van der Waals surface area contributed by atoms with Crippen LogP contribution in [0.2, 0.25) is 10.0 Å². The molecule has 26 heavy (non-hydrogen) atoms. The zero-order valence-electron chi connectivity index (χ0n) is 12.6. The van der Waals surface area contributed by atoms with E-state index in [1.54, 1.807) is 0 Å². The van der Waals surface area contributed by atoms with Crippen molar-refractivity contribution in [1.82, 2.24) is 19.9 Å². The Morgan fingerprint density at radius 2 is 1.92 bits per heavy atom. The predicted octanol–water partition coefficient (Wildman–Crippen LogP) is 4.12. The number of carbonyl (C=O) groups excluding carboxylic acids is 1. The van der Waals surface area contributed by atoms with Crippen molar-refractivity contribution in [3.63, 3.8) is 0 Å². The molecule has 136 valence electrons. The first-order valence-corrected chi connectivity index (χ1v) is 7.76. The standard InChI is InChI=1S/C15H8Cl2F4N4O/c16-8-1-2-11(18)9(4-8)14(26)22-5-12-23-24-13-10(17)3-7(6-25(12)13)15(19,20)21/h1-4,6H,5H2,(H,22,26). The second-order valence-electron chi connectivity index (χ2n) is 5.19. The summed E-state index contributed by atoms with van der Waals surface area (Å²) in [6.07, 6.45) is -3.85. The zero-order valence-corrected chi connectivity index (χ0v) is 14.1. The molecule has 2 heterocycles. The largest absolute Gasteiger partial charge is 0.417 e. The van der Waals surface area contributed by atoms with Crippen molar-refractivity contribution in [2.24, 2.45) is 0 Å². The minimum absolute atomic E-state index is 0.00199. The van der Waals surface area contributed by atoms with Gasteiger partial charge >= 0.3 is 6.18 Å². The number of amides is 1. The Hall–Kier alpha value is -2.39. The summed E-state index contributed by atoms with van der Waals surface area (Å²) in [6, 6.07) is 4.17. The van der Waals surface area contributed by atoms with Gasteiger partial charge in [-0.25, -0.2) is 4.39 Å². The lowest BCUT2D eigenvalue weighted by Gasteiger charge is -2.09. The van der Waals surface area contributed by atoms with Gasteiger partial charge in [0.2, 0.25) is 0 Å². The summed E-state index contributed by atoms with van der Waals surface area (Å²) in [7, 11) is 0. The smallest absolute Gasteiger partial charge is 0.345 e. The Morgan fingerprint density at radius 3 is 2.62 bits per heavy atom. The van der Waals surface area contributed by atoms with E-state index in [-0.39, 0.29) is 33.6 Å². The summed E-state index contributed by atoms with van der Waals surface area (Å²) in [5, 5.41) is 9.67. The van der Waals surface area contributed by atoms with Crippen molar-refractivity contribution < 1.29 is 22.4 Å². The molecule has 2 aromatic heterocycles. The van der Waals surface area contributed by atoms with Crippen LogP contribution in [0.4, 0.5) is 17.6 Å². The maximum atomic E-state index is 13.7. The van der Waals surface area contributed by atoms with E-state index in [2.05, 4.69) is 15.5 Å². The van der Waals surface area contributed by atoms with Crippen LogP contribution < -0.4 is 5.32 Å². The van der Waals surface area contributed by atoms with Gasteiger partial charge in [0, 0.05) is 11.2 Å². The number of aromatic nitrogens is 3. The molecule has 0 aliphatic carbocycles. The van der Waals surface area contributed by atoms with Crippen LogP contribution in [0.3, 0.4) is 0 Å². The van der Waals surface area contributed by atoms with E-state index in [0.29, 0.717) is 0 Å². The van der Waals surface area contributed by atoms with Gasteiger partial charge < -0.3 is 5.32 Å². The molecule has 3 rings (SSSR count). The van der Waals surface area contributed by atoms with E-state index in [0.717, 1.165) is 28.8 Å². The highest BCUT2D eigenvalue weighted by atomic mass is 35.5. The molecule has 0 bridgehead atoms. The zero-order chi connectivity index (χ0) is 19.1. The summed E-state index contributed by atoms with van der Waals surface area (Å²) in [4.78, 5) is 12.1.